The third-order valence-corrected chi connectivity index (χ3v) is 2.32. The average molecular weight is 300 g/mol. The molecule has 0 saturated carbocycles. The number of hydrogen-bond donors (Lipinski definition) is 4. The zero-order valence-electron chi connectivity index (χ0n) is 7.47. The minimum Gasteiger partial charge on any atom is -0.870 e. The summed E-state index contributed by atoms with van der Waals surface area (Å²) in [6.07, 6.45) is -1.83. The Morgan fingerprint density at radius 3 is 1.25 bits per heavy atom. The predicted molar refractivity (Wildman–Crippen MR) is 41.1 cm³/mol. The molecule has 0 rings (SSSR count). The van der Waals surface area contributed by atoms with Gasteiger partial charge in [0.2, 0.25) is 0 Å². The van der Waals surface area contributed by atoms with Crippen molar-refractivity contribution in [2.75, 3.05) is 0 Å². The zero-order chi connectivity index (χ0) is 11.3. The van der Waals surface area contributed by atoms with E-state index < -0.39 is 24.3 Å². The van der Waals surface area contributed by atoms with Gasteiger partial charge in [-0.05, 0) is 0 Å². The Kier molecular flexibility index (Phi) is 22.8. The van der Waals surface area contributed by atoms with E-state index in [4.69, 9.17) is 24.6 Å². The van der Waals surface area contributed by atoms with Crippen LogP contribution in [0.5, 0.6) is 0 Å². The first-order chi connectivity index (χ1) is 5.44. The van der Waals surface area contributed by atoms with Gasteiger partial charge >= 0.3 is 55.6 Å². The first kappa shape index (κ1) is 30.1. The van der Waals surface area contributed by atoms with Crippen LogP contribution in [0, 0.1) is 0 Å². The molecule has 88 valence electrons. The van der Waals surface area contributed by atoms with Crippen LogP contribution in [0.3, 0.4) is 0 Å². The third kappa shape index (κ3) is 61.6. The van der Waals surface area contributed by atoms with Gasteiger partial charge in [-0.2, -0.15) is 0 Å². The van der Waals surface area contributed by atoms with E-state index in [9.17, 15) is 19.2 Å². The fourth-order valence-corrected chi connectivity index (χ4v) is 1.47. The number of rotatable bonds is 2. The summed E-state index contributed by atoms with van der Waals surface area (Å²) in [7, 11) is -11.2. The van der Waals surface area contributed by atoms with Crippen LogP contribution in [-0.4, -0.2) is 89.9 Å². The Hall–Kier alpha value is 0.682. The molecule has 0 fully saturated rings. The van der Waals surface area contributed by atoms with E-state index >= 15 is 0 Å². The van der Waals surface area contributed by atoms with E-state index in [2.05, 4.69) is 4.12 Å². The van der Waals surface area contributed by atoms with Crippen molar-refractivity contribution in [1.82, 2.24) is 0 Å². The van der Waals surface area contributed by atoms with E-state index in [1.165, 1.54) is 0 Å². The molecule has 0 aliphatic carbocycles. The SMILES string of the molecule is O=C(O)O.[Al+3].[Mg+2].[O-][Si]([O-])([O-])O[Si]([O-])(O)O.[OH-]. The van der Waals surface area contributed by atoms with Crippen LogP contribution in [0.1, 0.15) is 0 Å². The molecule has 0 heterocycles. The summed E-state index contributed by atoms with van der Waals surface area (Å²) in [6.45, 7) is 0. The van der Waals surface area contributed by atoms with E-state index in [0.29, 0.717) is 0 Å². The van der Waals surface area contributed by atoms with Crippen molar-refractivity contribution in [2.24, 2.45) is 0 Å². The van der Waals surface area contributed by atoms with Crippen LogP contribution < -0.4 is 19.2 Å². The van der Waals surface area contributed by atoms with Gasteiger partial charge in [-0.1, -0.05) is 0 Å². The summed E-state index contributed by atoms with van der Waals surface area (Å²) in [6, 6.07) is 0. The predicted octanol–water partition coefficient (Wildman–Crippen LogP) is -7.42. The van der Waals surface area contributed by atoms with Crippen LogP contribution in [0.25, 0.3) is 0 Å². The quantitative estimate of drug-likeness (QED) is 0.350. The maximum atomic E-state index is 9.58. The van der Waals surface area contributed by atoms with E-state index in [1.807, 2.05) is 0 Å². The smallest absolute Gasteiger partial charge is 0.870 e. The van der Waals surface area contributed by atoms with Crippen LogP contribution in [-0.2, 0) is 4.12 Å². The maximum Gasteiger partial charge on any atom is 3.00 e. The van der Waals surface area contributed by atoms with Crippen LogP contribution in [0.2, 0.25) is 0 Å². The van der Waals surface area contributed by atoms with Crippen molar-refractivity contribution >= 4 is 64.7 Å². The molecule has 16 heavy (non-hydrogen) atoms. The topological polar surface area (TPSA) is 229 Å². The molecule has 5 N–H and O–H groups in total. The summed E-state index contributed by atoms with van der Waals surface area (Å²) >= 11 is 0. The molecule has 0 saturated heterocycles. The Morgan fingerprint density at radius 1 is 1.06 bits per heavy atom. The monoisotopic (exact) mass is 300 g/mol. The van der Waals surface area contributed by atoms with Crippen LogP contribution in [0.4, 0.5) is 4.79 Å². The van der Waals surface area contributed by atoms with Crippen molar-refractivity contribution in [1.29, 1.82) is 0 Å². The minimum absolute atomic E-state index is 0. The fraction of sp³-hybridized carbons (Fsp3) is 0. The summed E-state index contributed by atoms with van der Waals surface area (Å²) < 4.78 is 2.79. The van der Waals surface area contributed by atoms with Gasteiger partial charge in [-0.3, -0.25) is 0 Å². The van der Waals surface area contributed by atoms with E-state index in [1.54, 1.807) is 0 Å². The Morgan fingerprint density at radius 2 is 1.25 bits per heavy atom. The Labute approximate surface area is 118 Å². The first-order valence-corrected chi connectivity index (χ1v) is 5.67. The summed E-state index contributed by atoms with van der Waals surface area (Å²) in [5.74, 6) is 0. The molecule has 0 spiro atoms. The molecular weight excluding hydrogens is 295 g/mol. The molecule has 0 unspecified atom stereocenters. The van der Waals surface area contributed by atoms with Gasteiger partial charge in [0.1, 0.15) is 0 Å². The second kappa shape index (κ2) is 12.1. The molecule has 0 amide bonds. The molecule has 11 nitrogen and oxygen atoms in total. The third-order valence-electron chi connectivity index (χ3n) is 0.258. The standard InChI is InChI=1S/CH2O3.Al.Mg.H2O7Si2.H2O/c2-1(3)4;;;1-8(2,3)7-9(4,5)6;/h(H2,2,3,4);;;1-2H;1H2/q;+3;+2;-4;/p-1. The molecule has 0 aliphatic heterocycles. The molecule has 0 radical (unpaired) electrons. The fourth-order valence-electron chi connectivity index (χ4n) is 0.163. The summed E-state index contributed by atoms with van der Waals surface area (Å²) in [4.78, 5) is 61.9. The number of carbonyl (C=O) groups is 1. The largest absolute Gasteiger partial charge is 3.00 e. The molecule has 0 bridgehead atoms. The number of hydrogen-bond acceptors (Lipinski definition) is 9. The normalized spacial score (nSPS) is 9.38. The maximum absolute atomic E-state index is 9.58. The first-order valence-electron chi connectivity index (χ1n) is 2.32. The van der Waals surface area contributed by atoms with Gasteiger partial charge < -0.3 is 48.6 Å². The minimum atomic E-state index is -5.79. The summed E-state index contributed by atoms with van der Waals surface area (Å²) in [5.41, 5.74) is 0. The van der Waals surface area contributed by atoms with Crippen molar-refractivity contribution in [3.63, 3.8) is 0 Å². The van der Waals surface area contributed by atoms with Gasteiger partial charge in [0, 0.05) is 0 Å². The molecule has 0 aromatic rings. The van der Waals surface area contributed by atoms with Gasteiger partial charge in [0.25, 0.3) is 0 Å². The van der Waals surface area contributed by atoms with Gasteiger partial charge in [-0.15, -0.1) is 9.05 Å². The van der Waals surface area contributed by atoms with Gasteiger partial charge in [0.05, 0.1) is 0 Å². The van der Waals surface area contributed by atoms with Gasteiger partial charge in [-0.25, -0.2) is 4.79 Å². The molecular formula is CH5AlMgO11Si2. The van der Waals surface area contributed by atoms with Crippen LogP contribution in [0.15, 0.2) is 0 Å². The molecule has 0 aromatic heterocycles. The summed E-state index contributed by atoms with van der Waals surface area (Å²) in [5, 5.41) is 13.9. The molecule has 0 atom stereocenters. The average Bonchev–Trinajstić information content (AvgIpc) is 1.47. The molecule has 0 aromatic carbocycles. The van der Waals surface area contributed by atoms with E-state index in [-0.39, 0.29) is 45.9 Å². The van der Waals surface area contributed by atoms with Crippen LogP contribution >= 0.6 is 0 Å². The Balaban J connectivity index is -0.0000000511. The van der Waals surface area contributed by atoms with E-state index in [0.717, 1.165) is 0 Å². The molecule has 15 heteroatoms. The van der Waals surface area contributed by atoms with Crippen molar-refractivity contribution in [2.45, 2.75) is 0 Å². The van der Waals surface area contributed by atoms with Gasteiger partial charge in [0.15, 0.2) is 0 Å². The van der Waals surface area contributed by atoms with Crippen molar-refractivity contribution < 1.29 is 53.4 Å². The molecule has 0 aliphatic rings. The second-order valence-corrected chi connectivity index (χ2v) is 4.35. The Bertz CT molecular complexity index is 146. The van der Waals surface area contributed by atoms with Crippen molar-refractivity contribution in [3.8, 4) is 0 Å². The zero-order valence-corrected chi connectivity index (χ0v) is 12.0. The van der Waals surface area contributed by atoms with Crippen molar-refractivity contribution in [3.05, 3.63) is 0 Å². The number of carboxylic acid groups (broad SMARTS) is 2. The second-order valence-electron chi connectivity index (χ2n) is 1.43.